The summed E-state index contributed by atoms with van der Waals surface area (Å²) in [6, 6.07) is 3.95. The fourth-order valence-electron chi connectivity index (χ4n) is 1.27. The molecule has 0 saturated heterocycles. The average molecular weight is 232 g/mol. The van der Waals surface area contributed by atoms with Crippen molar-refractivity contribution in [2.75, 3.05) is 0 Å². The van der Waals surface area contributed by atoms with Gasteiger partial charge >= 0.3 is 5.97 Å². The number of benzene rings is 1. The third-order valence-electron chi connectivity index (χ3n) is 2.10. The minimum absolute atomic E-state index is 0.0606. The maximum atomic E-state index is 12.9. The molecule has 1 rings (SSSR count). The summed E-state index contributed by atoms with van der Waals surface area (Å²) in [6.07, 6.45) is -0.241. The summed E-state index contributed by atoms with van der Waals surface area (Å²) in [5.74, 6) is -1.56. The SMILES string of the molecule is CC(N)(CC(=O)O)c1ccc(F)c(Cl)c1. The van der Waals surface area contributed by atoms with Gasteiger partial charge in [0.1, 0.15) is 5.82 Å². The minimum atomic E-state index is -1.05. The lowest BCUT2D eigenvalue weighted by Crippen LogP contribution is -2.35. The van der Waals surface area contributed by atoms with Crippen LogP contribution in [0.15, 0.2) is 18.2 Å². The topological polar surface area (TPSA) is 63.3 Å². The summed E-state index contributed by atoms with van der Waals surface area (Å²) in [7, 11) is 0. The second-order valence-corrected chi connectivity index (χ2v) is 4.02. The fourth-order valence-corrected chi connectivity index (χ4v) is 1.45. The standard InChI is InChI=1S/C10H11ClFNO2/c1-10(13,5-9(14)15)6-2-3-8(12)7(11)4-6/h2-4H,5,13H2,1H3,(H,14,15). The molecule has 1 aromatic rings. The molecule has 1 unspecified atom stereocenters. The van der Waals surface area contributed by atoms with Gasteiger partial charge in [0, 0.05) is 5.54 Å². The molecule has 3 N–H and O–H groups in total. The van der Waals surface area contributed by atoms with Crippen LogP contribution in [0.25, 0.3) is 0 Å². The molecule has 0 radical (unpaired) electrons. The molecule has 15 heavy (non-hydrogen) atoms. The van der Waals surface area contributed by atoms with Gasteiger partial charge in [0.15, 0.2) is 0 Å². The highest BCUT2D eigenvalue weighted by atomic mass is 35.5. The first-order valence-electron chi connectivity index (χ1n) is 4.29. The normalized spacial score (nSPS) is 14.7. The van der Waals surface area contributed by atoms with Gasteiger partial charge in [-0.3, -0.25) is 4.79 Å². The molecule has 0 aromatic heterocycles. The van der Waals surface area contributed by atoms with E-state index in [2.05, 4.69) is 0 Å². The van der Waals surface area contributed by atoms with Gasteiger partial charge in [0.2, 0.25) is 0 Å². The summed E-state index contributed by atoms with van der Waals surface area (Å²) in [5.41, 5.74) is 5.24. The monoisotopic (exact) mass is 231 g/mol. The fraction of sp³-hybridized carbons (Fsp3) is 0.300. The van der Waals surface area contributed by atoms with Crippen molar-refractivity contribution >= 4 is 17.6 Å². The highest BCUT2D eigenvalue weighted by Crippen LogP contribution is 2.25. The Morgan fingerprint density at radius 3 is 2.73 bits per heavy atom. The van der Waals surface area contributed by atoms with Gasteiger partial charge in [-0.25, -0.2) is 4.39 Å². The van der Waals surface area contributed by atoms with E-state index in [-0.39, 0.29) is 11.4 Å². The zero-order chi connectivity index (χ0) is 11.6. The zero-order valence-electron chi connectivity index (χ0n) is 8.13. The van der Waals surface area contributed by atoms with Crippen molar-refractivity contribution < 1.29 is 14.3 Å². The van der Waals surface area contributed by atoms with E-state index in [1.165, 1.54) is 18.2 Å². The Hall–Kier alpha value is -1.13. The van der Waals surface area contributed by atoms with Gasteiger partial charge < -0.3 is 10.8 Å². The number of aliphatic carboxylic acids is 1. The molecule has 5 heteroatoms. The first kappa shape index (κ1) is 11.9. The van der Waals surface area contributed by atoms with E-state index in [1.54, 1.807) is 6.92 Å². The largest absolute Gasteiger partial charge is 0.481 e. The number of halogens is 2. The molecule has 1 aromatic carbocycles. The quantitative estimate of drug-likeness (QED) is 0.838. The molecule has 0 heterocycles. The van der Waals surface area contributed by atoms with E-state index in [0.717, 1.165) is 0 Å². The Bertz CT molecular complexity index is 393. The van der Waals surface area contributed by atoms with Crippen molar-refractivity contribution in [1.29, 1.82) is 0 Å². The van der Waals surface area contributed by atoms with Crippen LogP contribution in [0, 0.1) is 5.82 Å². The molecule has 0 aliphatic carbocycles. The Balaban J connectivity index is 3.04. The molecule has 0 fully saturated rings. The van der Waals surface area contributed by atoms with Crippen molar-refractivity contribution in [3.63, 3.8) is 0 Å². The molecule has 82 valence electrons. The van der Waals surface area contributed by atoms with Crippen molar-refractivity contribution in [1.82, 2.24) is 0 Å². The van der Waals surface area contributed by atoms with E-state index in [0.29, 0.717) is 5.56 Å². The third kappa shape index (κ3) is 2.91. The highest BCUT2D eigenvalue weighted by molar-refractivity contribution is 6.30. The van der Waals surface area contributed by atoms with Gasteiger partial charge in [-0.15, -0.1) is 0 Å². The molecule has 1 atom stereocenters. The molecule has 0 aliphatic rings. The molecular formula is C10H11ClFNO2. The summed E-state index contributed by atoms with van der Waals surface area (Å²) in [6.45, 7) is 1.56. The molecular weight excluding hydrogens is 221 g/mol. The van der Waals surface area contributed by atoms with Crippen LogP contribution in [-0.2, 0) is 10.3 Å². The van der Waals surface area contributed by atoms with E-state index in [4.69, 9.17) is 22.4 Å². The Morgan fingerprint density at radius 2 is 2.27 bits per heavy atom. The van der Waals surface area contributed by atoms with Crippen molar-refractivity contribution in [2.45, 2.75) is 18.9 Å². The molecule has 3 nitrogen and oxygen atoms in total. The average Bonchev–Trinajstić information content (AvgIpc) is 2.07. The smallest absolute Gasteiger partial charge is 0.305 e. The number of nitrogens with two attached hydrogens (primary N) is 1. The second-order valence-electron chi connectivity index (χ2n) is 3.62. The number of carbonyl (C=O) groups is 1. The number of hydrogen-bond acceptors (Lipinski definition) is 2. The summed E-state index contributed by atoms with van der Waals surface area (Å²) in [5, 5.41) is 8.59. The predicted molar refractivity (Wildman–Crippen MR) is 55.2 cm³/mol. The first-order chi connectivity index (χ1) is 6.83. The van der Waals surface area contributed by atoms with Gasteiger partial charge in [-0.2, -0.15) is 0 Å². The molecule has 0 amide bonds. The summed E-state index contributed by atoms with van der Waals surface area (Å²) in [4.78, 5) is 10.6. The van der Waals surface area contributed by atoms with Crippen LogP contribution in [-0.4, -0.2) is 11.1 Å². The van der Waals surface area contributed by atoms with E-state index in [1.807, 2.05) is 0 Å². The van der Waals surface area contributed by atoms with Gasteiger partial charge in [-0.1, -0.05) is 17.7 Å². The van der Waals surface area contributed by atoms with E-state index in [9.17, 15) is 9.18 Å². The molecule has 0 bridgehead atoms. The van der Waals surface area contributed by atoms with Crippen molar-refractivity contribution in [2.24, 2.45) is 5.73 Å². The first-order valence-corrected chi connectivity index (χ1v) is 4.67. The molecule has 0 spiro atoms. The number of hydrogen-bond donors (Lipinski definition) is 2. The Morgan fingerprint density at radius 1 is 1.67 bits per heavy atom. The van der Waals surface area contributed by atoms with Crippen LogP contribution < -0.4 is 5.73 Å². The number of rotatable bonds is 3. The van der Waals surface area contributed by atoms with Gasteiger partial charge in [0.25, 0.3) is 0 Å². The lowest BCUT2D eigenvalue weighted by molar-refractivity contribution is -0.138. The van der Waals surface area contributed by atoms with Crippen LogP contribution in [0.2, 0.25) is 5.02 Å². The highest BCUT2D eigenvalue weighted by Gasteiger charge is 2.25. The second kappa shape index (κ2) is 4.16. The van der Waals surface area contributed by atoms with Crippen LogP contribution in [0.1, 0.15) is 18.9 Å². The molecule has 0 aliphatic heterocycles. The molecule has 0 saturated carbocycles. The van der Waals surface area contributed by atoms with Crippen LogP contribution in [0.5, 0.6) is 0 Å². The van der Waals surface area contributed by atoms with Crippen LogP contribution in [0.3, 0.4) is 0 Å². The maximum Gasteiger partial charge on any atom is 0.305 e. The van der Waals surface area contributed by atoms with Gasteiger partial charge in [-0.05, 0) is 24.6 Å². The maximum absolute atomic E-state index is 12.9. The lowest BCUT2D eigenvalue weighted by Gasteiger charge is -2.23. The summed E-state index contributed by atoms with van der Waals surface area (Å²) >= 11 is 5.58. The minimum Gasteiger partial charge on any atom is -0.481 e. The Kier molecular flexibility index (Phi) is 3.31. The third-order valence-corrected chi connectivity index (χ3v) is 2.39. The van der Waals surface area contributed by atoms with E-state index < -0.39 is 17.3 Å². The lowest BCUT2D eigenvalue weighted by atomic mass is 9.90. The van der Waals surface area contributed by atoms with Crippen molar-refractivity contribution in [3.8, 4) is 0 Å². The Labute approximate surface area is 91.7 Å². The van der Waals surface area contributed by atoms with Crippen LogP contribution in [0.4, 0.5) is 4.39 Å². The van der Waals surface area contributed by atoms with Crippen LogP contribution >= 0.6 is 11.6 Å². The van der Waals surface area contributed by atoms with E-state index >= 15 is 0 Å². The predicted octanol–water partition coefficient (Wildman–Crippen LogP) is 2.13. The van der Waals surface area contributed by atoms with Crippen molar-refractivity contribution in [3.05, 3.63) is 34.6 Å². The summed E-state index contributed by atoms with van der Waals surface area (Å²) < 4.78 is 12.9. The zero-order valence-corrected chi connectivity index (χ0v) is 8.88. The van der Waals surface area contributed by atoms with Gasteiger partial charge in [0.05, 0.1) is 11.4 Å². The number of carboxylic acid groups (broad SMARTS) is 1. The number of carboxylic acids is 1.